The molecule has 0 aromatic heterocycles. The Balaban J connectivity index is 2.65. The van der Waals surface area contributed by atoms with Crippen molar-refractivity contribution in [1.82, 2.24) is 0 Å². The number of nitrogens with one attached hydrogen (secondary N) is 1. The van der Waals surface area contributed by atoms with Crippen LogP contribution in [0.2, 0.25) is 0 Å². The molecular formula is C13H18N2O2. The van der Waals surface area contributed by atoms with Crippen molar-refractivity contribution in [2.75, 3.05) is 11.9 Å². The lowest BCUT2D eigenvalue weighted by Gasteiger charge is -2.15. The third-order valence-electron chi connectivity index (χ3n) is 2.63. The summed E-state index contributed by atoms with van der Waals surface area (Å²) in [5, 5.41) is 30.4. The minimum absolute atomic E-state index is 0.147. The van der Waals surface area contributed by atoms with Gasteiger partial charge in [0.2, 0.25) is 0 Å². The van der Waals surface area contributed by atoms with Gasteiger partial charge >= 0.3 is 0 Å². The van der Waals surface area contributed by atoms with Gasteiger partial charge in [0.1, 0.15) is 11.8 Å². The van der Waals surface area contributed by atoms with Crippen LogP contribution in [0.5, 0.6) is 5.75 Å². The number of rotatable bonds is 6. The summed E-state index contributed by atoms with van der Waals surface area (Å²) in [6, 6.07) is 7.06. The normalized spacial score (nSPS) is 11.8. The Labute approximate surface area is 102 Å². The Bertz CT molecular complexity index is 379. The van der Waals surface area contributed by atoms with Gasteiger partial charge in [0.05, 0.1) is 11.8 Å². The number of nitrogens with zero attached hydrogens (tertiary/aromatic N) is 1. The molecule has 0 fully saturated rings. The average Bonchev–Trinajstić information content (AvgIpc) is 2.32. The number of aliphatic hydroxyl groups is 1. The zero-order chi connectivity index (χ0) is 12.7. The Hall–Kier alpha value is -1.73. The van der Waals surface area contributed by atoms with E-state index in [1.165, 1.54) is 0 Å². The highest BCUT2D eigenvalue weighted by Crippen LogP contribution is 2.27. The highest BCUT2D eigenvalue weighted by molar-refractivity contribution is 5.61. The van der Waals surface area contributed by atoms with E-state index >= 15 is 0 Å². The number of aryl methyl sites for hydroxylation is 1. The third kappa shape index (κ3) is 3.97. The van der Waals surface area contributed by atoms with E-state index in [0.717, 1.165) is 12.0 Å². The number of benzene rings is 1. The van der Waals surface area contributed by atoms with Crippen LogP contribution in [0.3, 0.4) is 0 Å². The smallest absolute Gasteiger partial charge is 0.138 e. The second kappa shape index (κ2) is 6.77. The van der Waals surface area contributed by atoms with E-state index in [0.29, 0.717) is 18.5 Å². The molecule has 0 saturated carbocycles. The number of unbranched alkanes of at least 4 members (excludes halogenated alkanes) is 1. The number of para-hydroxylation sites is 1. The number of aromatic hydroxyl groups is 1. The number of hydrogen-bond acceptors (Lipinski definition) is 4. The van der Waals surface area contributed by atoms with Gasteiger partial charge in [-0.05, 0) is 37.8 Å². The van der Waals surface area contributed by atoms with E-state index in [4.69, 9.17) is 10.4 Å². The maximum atomic E-state index is 9.70. The van der Waals surface area contributed by atoms with Crippen LogP contribution in [0, 0.1) is 18.3 Å². The van der Waals surface area contributed by atoms with Crippen LogP contribution in [0.4, 0.5) is 5.69 Å². The van der Waals surface area contributed by atoms with Crippen LogP contribution in [-0.2, 0) is 0 Å². The molecule has 0 spiro atoms. The first-order valence-corrected chi connectivity index (χ1v) is 5.74. The Morgan fingerprint density at radius 2 is 2.18 bits per heavy atom. The van der Waals surface area contributed by atoms with Crippen LogP contribution >= 0.6 is 0 Å². The monoisotopic (exact) mass is 234 g/mol. The average molecular weight is 234 g/mol. The van der Waals surface area contributed by atoms with Crippen LogP contribution in [0.25, 0.3) is 0 Å². The van der Waals surface area contributed by atoms with Crippen LogP contribution in [0.1, 0.15) is 24.8 Å². The molecule has 0 radical (unpaired) electrons. The minimum Gasteiger partial charge on any atom is -0.506 e. The van der Waals surface area contributed by atoms with E-state index in [9.17, 15) is 5.11 Å². The molecule has 1 rings (SSSR count). The molecule has 0 saturated heterocycles. The van der Waals surface area contributed by atoms with Crippen molar-refractivity contribution in [2.45, 2.75) is 32.2 Å². The lowest BCUT2D eigenvalue weighted by Crippen LogP contribution is -2.18. The molecule has 17 heavy (non-hydrogen) atoms. The Morgan fingerprint density at radius 1 is 1.41 bits per heavy atom. The van der Waals surface area contributed by atoms with Crippen LogP contribution in [0.15, 0.2) is 18.2 Å². The maximum Gasteiger partial charge on any atom is 0.138 e. The van der Waals surface area contributed by atoms with Gasteiger partial charge in [0.15, 0.2) is 0 Å². The molecule has 0 aliphatic heterocycles. The second-order valence-corrected chi connectivity index (χ2v) is 4.01. The summed E-state index contributed by atoms with van der Waals surface area (Å²) in [5.74, 6) is 0.160. The zero-order valence-electron chi connectivity index (χ0n) is 9.98. The van der Waals surface area contributed by atoms with Gasteiger partial charge in [-0.25, -0.2) is 0 Å². The molecule has 4 heteroatoms. The van der Waals surface area contributed by atoms with Crippen molar-refractivity contribution in [3.05, 3.63) is 23.8 Å². The Morgan fingerprint density at radius 3 is 2.76 bits per heavy atom. The quantitative estimate of drug-likeness (QED) is 0.521. The van der Waals surface area contributed by atoms with Gasteiger partial charge in [-0.3, -0.25) is 0 Å². The third-order valence-corrected chi connectivity index (χ3v) is 2.63. The highest BCUT2D eigenvalue weighted by atomic mass is 16.3. The van der Waals surface area contributed by atoms with E-state index in [1.54, 1.807) is 12.1 Å². The van der Waals surface area contributed by atoms with Gasteiger partial charge in [-0.15, -0.1) is 0 Å². The number of hydrogen-bond donors (Lipinski definition) is 3. The number of aliphatic hydroxyl groups excluding tert-OH is 1. The largest absolute Gasteiger partial charge is 0.506 e. The summed E-state index contributed by atoms with van der Waals surface area (Å²) in [5.41, 5.74) is 1.52. The summed E-state index contributed by atoms with van der Waals surface area (Å²) >= 11 is 0. The van der Waals surface area contributed by atoms with Crippen LogP contribution in [-0.4, -0.2) is 22.9 Å². The van der Waals surface area contributed by atoms with Crippen molar-refractivity contribution in [3.8, 4) is 11.8 Å². The minimum atomic E-state index is -0.339. The molecule has 1 atom stereocenters. The van der Waals surface area contributed by atoms with Crippen molar-refractivity contribution >= 4 is 5.69 Å². The molecule has 0 heterocycles. The molecule has 1 aromatic rings. The summed E-state index contributed by atoms with van der Waals surface area (Å²) in [4.78, 5) is 0. The van der Waals surface area contributed by atoms with Crippen molar-refractivity contribution in [3.63, 3.8) is 0 Å². The molecule has 3 N–H and O–H groups in total. The second-order valence-electron chi connectivity index (χ2n) is 4.01. The van der Waals surface area contributed by atoms with Crippen molar-refractivity contribution in [1.29, 1.82) is 5.26 Å². The highest BCUT2D eigenvalue weighted by Gasteiger charge is 2.11. The van der Waals surface area contributed by atoms with E-state index < -0.39 is 0 Å². The Kier molecular flexibility index (Phi) is 5.31. The van der Waals surface area contributed by atoms with Crippen molar-refractivity contribution in [2.24, 2.45) is 0 Å². The fourth-order valence-corrected chi connectivity index (χ4v) is 1.64. The molecule has 0 aliphatic rings. The lowest BCUT2D eigenvalue weighted by atomic mass is 10.1. The van der Waals surface area contributed by atoms with Gasteiger partial charge < -0.3 is 15.5 Å². The topological polar surface area (TPSA) is 76.3 Å². The summed E-state index contributed by atoms with van der Waals surface area (Å²) in [6.07, 6.45) is 2.14. The van der Waals surface area contributed by atoms with Crippen molar-refractivity contribution < 1.29 is 10.2 Å². The molecule has 92 valence electrons. The first kappa shape index (κ1) is 13.3. The molecule has 0 aliphatic carbocycles. The molecule has 1 unspecified atom stereocenters. The molecule has 4 nitrogen and oxygen atoms in total. The predicted molar refractivity (Wildman–Crippen MR) is 66.8 cm³/mol. The first-order chi connectivity index (χ1) is 8.19. The lowest BCUT2D eigenvalue weighted by molar-refractivity contribution is 0.283. The number of phenols is 1. The SMILES string of the molecule is Cc1cccc(O)c1NC(C#N)CCCCO. The standard InChI is InChI=1S/C13H18N2O2/c1-10-5-4-7-12(17)13(10)15-11(9-14)6-2-3-8-16/h4-5,7,11,15-17H,2-3,6,8H2,1H3. The maximum absolute atomic E-state index is 9.70. The number of anilines is 1. The summed E-state index contributed by atoms with van der Waals surface area (Å²) in [6.45, 7) is 2.03. The first-order valence-electron chi connectivity index (χ1n) is 5.74. The molecule has 0 amide bonds. The van der Waals surface area contributed by atoms with Gasteiger partial charge in [0.25, 0.3) is 0 Å². The molecular weight excluding hydrogens is 216 g/mol. The summed E-state index contributed by atoms with van der Waals surface area (Å²) in [7, 11) is 0. The molecule has 1 aromatic carbocycles. The zero-order valence-corrected chi connectivity index (χ0v) is 9.98. The van der Waals surface area contributed by atoms with Gasteiger partial charge in [0, 0.05) is 6.61 Å². The van der Waals surface area contributed by atoms with E-state index in [2.05, 4.69) is 11.4 Å². The van der Waals surface area contributed by atoms with E-state index in [1.807, 2.05) is 13.0 Å². The number of phenolic OH excluding ortho intramolecular Hbond substituents is 1. The number of nitriles is 1. The summed E-state index contributed by atoms with van der Waals surface area (Å²) < 4.78 is 0. The van der Waals surface area contributed by atoms with E-state index in [-0.39, 0.29) is 18.4 Å². The van der Waals surface area contributed by atoms with Crippen LogP contribution < -0.4 is 5.32 Å². The molecule has 0 bridgehead atoms. The fourth-order valence-electron chi connectivity index (χ4n) is 1.64. The fraction of sp³-hybridized carbons (Fsp3) is 0.462. The van der Waals surface area contributed by atoms with Gasteiger partial charge in [-0.2, -0.15) is 5.26 Å². The van der Waals surface area contributed by atoms with Gasteiger partial charge in [-0.1, -0.05) is 12.1 Å². The predicted octanol–water partition coefficient (Wildman–Crippen LogP) is 2.17.